The van der Waals surface area contributed by atoms with Gasteiger partial charge in [0.15, 0.2) is 0 Å². The molecule has 0 bridgehead atoms. The molecule has 1 N–H and O–H groups in total. The number of nitrogens with one attached hydrogen (secondary N) is 1. The molecule has 0 radical (unpaired) electrons. The van der Waals surface area contributed by atoms with Crippen molar-refractivity contribution in [3.63, 3.8) is 0 Å². The van der Waals surface area contributed by atoms with E-state index in [0.717, 1.165) is 36.6 Å². The second kappa shape index (κ2) is 7.57. The summed E-state index contributed by atoms with van der Waals surface area (Å²) in [5.74, 6) is 1.45. The molecule has 0 fully saturated rings. The highest BCUT2D eigenvalue weighted by molar-refractivity contribution is 5.48. The van der Waals surface area contributed by atoms with E-state index in [1.165, 1.54) is 12.1 Å². The van der Waals surface area contributed by atoms with E-state index < -0.39 is 0 Å². The van der Waals surface area contributed by atoms with Crippen molar-refractivity contribution in [1.82, 2.24) is 9.97 Å². The fourth-order valence-electron chi connectivity index (χ4n) is 1.96. The van der Waals surface area contributed by atoms with Crippen LogP contribution in [0.15, 0.2) is 36.7 Å². The van der Waals surface area contributed by atoms with Gasteiger partial charge in [0.2, 0.25) is 0 Å². The molecule has 4 nitrogen and oxygen atoms in total. The smallest absolute Gasteiger partial charge is 0.133 e. The molecule has 0 aliphatic rings. The molecule has 21 heavy (non-hydrogen) atoms. The molecule has 5 heteroatoms. The van der Waals surface area contributed by atoms with Gasteiger partial charge in [-0.1, -0.05) is 25.5 Å². The third-order valence-electron chi connectivity index (χ3n) is 3.28. The number of nitrogens with zero attached hydrogens (tertiary/aromatic N) is 3. The van der Waals surface area contributed by atoms with Gasteiger partial charge in [0.05, 0.1) is 0 Å². The summed E-state index contributed by atoms with van der Waals surface area (Å²) < 4.78 is 12.8. The van der Waals surface area contributed by atoms with Crippen molar-refractivity contribution in [3.05, 3.63) is 48.0 Å². The summed E-state index contributed by atoms with van der Waals surface area (Å²) in [6, 6.07) is 8.37. The summed E-state index contributed by atoms with van der Waals surface area (Å²) >= 11 is 0. The fraction of sp³-hybridized carbons (Fsp3) is 0.375. The molecule has 0 saturated carbocycles. The summed E-state index contributed by atoms with van der Waals surface area (Å²) in [6.07, 6.45) is 3.86. The third-order valence-corrected chi connectivity index (χ3v) is 3.28. The zero-order chi connectivity index (χ0) is 15.1. The minimum atomic E-state index is -0.222. The standard InChI is InChI=1S/C16H21FN4/c1-3-4-9-21(2)16-10-15(19-12-20-16)18-11-13-5-7-14(17)8-6-13/h5-8,10,12H,3-4,9,11H2,1-2H3,(H,18,19,20). The van der Waals surface area contributed by atoms with E-state index in [9.17, 15) is 4.39 Å². The molecule has 2 rings (SSSR count). The first-order valence-corrected chi connectivity index (χ1v) is 7.20. The number of aromatic nitrogens is 2. The molecule has 0 amide bonds. The predicted molar refractivity (Wildman–Crippen MR) is 83.9 cm³/mol. The van der Waals surface area contributed by atoms with Gasteiger partial charge in [0.1, 0.15) is 23.8 Å². The summed E-state index contributed by atoms with van der Waals surface area (Å²) in [7, 11) is 2.03. The van der Waals surface area contributed by atoms with Crippen LogP contribution in [-0.4, -0.2) is 23.6 Å². The highest BCUT2D eigenvalue weighted by Gasteiger charge is 2.04. The Morgan fingerprint density at radius 3 is 2.67 bits per heavy atom. The van der Waals surface area contributed by atoms with E-state index >= 15 is 0 Å². The van der Waals surface area contributed by atoms with Gasteiger partial charge < -0.3 is 10.2 Å². The van der Waals surface area contributed by atoms with Gasteiger partial charge >= 0.3 is 0 Å². The Labute approximate surface area is 125 Å². The van der Waals surface area contributed by atoms with Gasteiger partial charge in [0, 0.05) is 26.2 Å². The molecule has 1 aromatic heterocycles. The van der Waals surface area contributed by atoms with Crippen LogP contribution in [0.5, 0.6) is 0 Å². The highest BCUT2D eigenvalue weighted by Crippen LogP contribution is 2.14. The second-order valence-corrected chi connectivity index (χ2v) is 5.02. The lowest BCUT2D eigenvalue weighted by Crippen LogP contribution is -2.19. The van der Waals surface area contributed by atoms with Crippen molar-refractivity contribution in [2.75, 3.05) is 23.8 Å². The zero-order valence-corrected chi connectivity index (χ0v) is 12.5. The SMILES string of the molecule is CCCCN(C)c1cc(NCc2ccc(F)cc2)ncn1. The minimum absolute atomic E-state index is 0.222. The number of rotatable bonds is 7. The van der Waals surface area contributed by atoms with Gasteiger partial charge in [0.25, 0.3) is 0 Å². The van der Waals surface area contributed by atoms with Crippen molar-refractivity contribution >= 4 is 11.6 Å². The van der Waals surface area contributed by atoms with Crippen LogP contribution in [-0.2, 0) is 6.54 Å². The van der Waals surface area contributed by atoms with Gasteiger partial charge in [-0.2, -0.15) is 0 Å². The van der Waals surface area contributed by atoms with Crippen LogP contribution in [0, 0.1) is 5.82 Å². The van der Waals surface area contributed by atoms with E-state index in [1.807, 2.05) is 13.1 Å². The average molecular weight is 288 g/mol. The topological polar surface area (TPSA) is 41.0 Å². The molecule has 0 aliphatic carbocycles. The largest absolute Gasteiger partial charge is 0.366 e. The number of unbranched alkanes of at least 4 members (excludes halogenated alkanes) is 1. The van der Waals surface area contributed by atoms with E-state index in [-0.39, 0.29) is 5.82 Å². The van der Waals surface area contributed by atoms with E-state index in [2.05, 4.69) is 27.1 Å². The quantitative estimate of drug-likeness (QED) is 0.847. The molecule has 0 saturated heterocycles. The Kier molecular flexibility index (Phi) is 5.49. The Morgan fingerprint density at radius 1 is 1.19 bits per heavy atom. The van der Waals surface area contributed by atoms with E-state index in [4.69, 9.17) is 0 Å². The maximum absolute atomic E-state index is 12.8. The number of hydrogen-bond acceptors (Lipinski definition) is 4. The summed E-state index contributed by atoms with van der Waals surface area (Å²) in [5, 5.41) is 3.23. The van der Waals surface area contributed by atoms with Gasteiger partial charge in [-0.3, -0.25) is 0 Å². The van der Waals surface area contributed by atoms with Crippen LogP contribution in [0.3, 0.4) is 0 Å². The van der Waals surface area contributed by atoms with E-state index in [0.29, 0.717) is 6.54 Å². The summed E-state index contributed by atoms with van der Waals surface area (Å²) in [5.41, 5.74) is 1.01. The lowest BCUT2D eigenvalue weighted by molar-refractivity contribution is 0.627. The van der Waals surface area contributed by atoms with Crippen molar-refractivity contribution in [3.8, 4) is 0 Å². The predicted octanol–water partition coefficient (Wildman–Crippen LogP) is 3.46. The lowest BCUT2D eigenvalue weighted by Gasteiger charge is -2.18. The maximum Gasteiger partial charge on any atom is 0.133 e. The summed E-state index contributed by atoms with van der Waals surface area (Å²) in [6.45, 7) is 3.75. The monoisotopic (exact) mass is 288 g/mol. The molecule has 0 spiro atoms. The van der Waals surface area contributed by atoms with E-state index in [1.54, 1.807) is 18.5 Å². The Bertz CT molecular complexity index is 556. The highest BCUT2D eigenvalue weighted by atomic mass is 19.1. The van der Waals surface area contributed by atoms with Crippen LogP contribution >= 0.6 is 0 Å². The van der Waals surface area contributed by atoms with Gasteiger partial charge in [-0.25, -0.2) is 14.4 Å². The molecule has 0 aliphatic heterocycles. The van der Waals surface area contributed by atoms with Crippen LogP contribution in [0.4, 0.5) is 16.0 Å². The first-order chi connectivity index (χ1) is 10.2. The molecule has 1 aromatic carbocycles. The fourth-order valence-corrected chi connectivity index (χ4v) is 1.96. The minimum Gasteiger partial charge on any atom is -0.366 e. The normalized spacial score (nSPS) is 10.4. The van der Waals surface area contributed by atoms with Crippen LogP contribution in [0.25, 0.3) is 0 Å². The summed E-state index contributed by atoms with van der Waals surface area (Å²) in [4.78, 5) is 10.6. The van der Waals surface area contributed by atoms with Gasteiger partial charge in [-0.05, 0) is 24.1 Å². The van der Waals surface area contributed by atoms with Gasteiger partial charge in [-0.15, -0.1) is 0 Å². The number of halogens is 1. The maximum atomic E-state index is 12.8. The first kappa shape index (κ1) is 15.2. The number of hydrogen-bond donors (Lipinski definition) is 1. The van der Waals surface area contributed by atoms with Crippen LogP contribution < -0.4 is 10.2 Å². The van der Waals surface area contributed by atoms with Crippen molar-refractivity contribution in [2.24, 2.45) is 0 Å². The molecular formula is C16H21FN4. The molecular weight excluding hydrogens is 267 g/mol. The molecule has 0 atom stereocenters. The Hall–Kier alpha value is -2.17. The molecule has 2 aromatic rings. The molecule has 0 unspecified atom stereocenters. The van der Waals surface area contributed by atoms with Crippen molar-refractivity contribution in [1.29, 1.82) is 0 Å². The Morgan fingerprint density at radius 2 is 1.95 bits per heavy atom. The Balaban J connectivity index is 1.95. The average Bonchev–Trinajstić information content (AvgIpc) is 2.52. The van der Waals surface area contributed by atoms with Crippen molar-refractivity contribution in [2.45, 2.75) is 26.3 Å². The number of benzene rings is 1. The first-order valence-electron chi connectivity index (χ1n) is 7.20. The number of anilines is 2. The zero-order valence-electron chi connectivity index (χ0n) is 12.5. The lowest BCUT2D eigenvalue weighted by atomic mass is 10.2. The molecule has 112 valence electrons. The van der Waals surface area contributed by atoms with Crippen LogP contribution in [0.2, 0.25) is 0 Å². The van der Waals surface area contributed by atoms with Crippen LogP contribution in [0.1, 0.15) is 25.3 Å². The molecule has 1 heterocycles. The third kappa shape index (κ3) is 4.70. The second-order valence-electron chi connectivity index (χ2n) is 5.02. The van der Waals surface area contributed by atoms with Crippen molar-refractivity contribution < 1.29 is 4.39 Å².